The number of aryl methyl sites for hydroxylation is 1. The summed E-state index contributed by atoms with van der Waals surface area (Å²) in [5.74, 6) is 0.374. The summed E-state index contributed by atoms with van der Waals surface area (Å²) in [6, 6.07) is 10.1. The standard InChI is InChI=1S/C20H28N2OS/c1-2-3-9-19-21-18(15-24-19)14-22-12-10-17(11-13-22)20(23)16-7-5-4-6-8-16/h4-8,15,17,20,23H,2-3,9-14H2,1H3/t20-/m1/s1. The zero-order valence-corrected chi connectivity index (χ0v) is 15.3. The maximum atomic E-state index is 10.6. The number of thiazole rings is 1. The smallest absolute Gasteiger partial charge is 0.0928 e. The second-order valence-corrected chi connectivity index (χ2v) is 7.75. The molecule has 0 bridgehead atoms. The van der Waals surface area contributed by atoms with Gasteiger partial charge in [-0.15, -0.1) is 11.3 Å². The Hall–Kier alpha value is -1.23. The quantitative estimate of drug-likeness (QED) is 0.807. The van der Waals surface area contributed by atoms with Gasteiger partial charge in [0.05, 0.1) is 16.8 Å². The molecule has 0 saturated carbocycles. The molecule has 1 aromatic heterocycles. The molecular weight excluding hydrogens is 316 g/mol. The van der Waals surface area contributed by atoms with Crippen molar-refractivity contribution < 1.29 is 5.11 Å². The van der Waals surface area contributed by atoms with Gasteiger partial charge in [-0.25, -0.2) is 4.98 Å². The van der Waals surface area contributed by atoms with Gasteiger partial charge in [0.25, 0.3) is 0 Å². The van der Waals surface area contributed by atoms with Crippen molar-refractivity contribution in [2.75, 3.05) is 13.1 Å². The molecule has 1 aliphatic heterocycles. The third-order valence-corrected chi connectivity index (χ3v) is 5.91. The van der Waals surface area contributed by atoms with E-state index >= 15 is 0 Å². The average molecular weight is 345 g/mol. The lowest BCUT2D eigenvalue weighted by Crippen LogP contribution is -2.35. The lowest BCUT2D eigenvalue weighted by molar-refractivity contribution is 0.0565. The van der Waals surface area contributed by atoms with Gasteiger partial charge in [0.2, 0.25) is 0 Å². The van der Waals surface area contributed by atoms with E-state index in [9.17, 15) is 5.11 Å². The van der Waals surface area contributed by atoms with E-state index < -0.39 is 0 Å². The lowest BCUT2D eigenvalue weighted by Gasteiger charge is -2.34. The van der Waals surface area contributed by atoms with E-state index in [-0.39, 0.29) is 6.10 Å². The summed E-state index contributed by atoms with van der Waals surface area (Å²) in [4.78, 5) is 7.25. The molecule has 1 aliphatic rings. The Bertz CT molecular complexity index is 605. The number of aliphatic hydroxyl groups excluding tert-OH is 1. The van der Waals surface area contributed by atoms with Crippen LogP contribution < -0.4 is 0 Å². The average Bonchev–Trinajstić information content (AvgIpc) is 3.08. The van der Waals surface area contributed by atoms with Gasteiger partial charge in [-0.2, -0.15) is 0 Å². The molecular formula is C20H28N2OS. The van der Waals surface area contributed by atoms with E-state index in [0.717, 1.165) is 44.5 Å². The van der Waals surface area contributed by atoms with E-state index in [1.807, 2.05) is 30.3 Å². The Morgan fingerprint density at radius 1 is 1.25 bits per heavy atom. The normalized spacial score (nSPS) is 17.9. The SMILES string of the molecule is CCCCc1nc(CN2CCC([C@H](O)c3ccccc3)CC2)cs1. The molecule has 1 aromatic carbocycles. The van der Waals surface area contributed by atoms with Crippen LogP contribution in [0.4, 0.5) is 0 Å². The third kappa shape index (κ3) is 4.65. The fourth-order valence-corrected chi connectivity index (χ4v) is 4.27. The Kier molecular flexibility index (Phi) is 6.41. The van der Waals surface area contributed by atoms with Gasteiger partial charge < -0.3 is 5.11 Å². The minimum absolute atomic E-state index is 0.326. The molecule has 130 valence electrons. The zero-order chi connectivity index (χ0) is 16.8. The van der Waals surface area contributed by atoms with E-state index in [4.69, 9.17) is 4.98 Å². The summed E-state index contributed by atoms with van der Waals surface area (Å²) < 4.78 is 0. The first-order chi connectivity index (χ1) is 11.8. The van der Waals surface area contributed by atoms with E-state index in [2.05, 4.69) is 17.2 Å². The van der Waals surface area contributed by atoms with E-state index in [1.165, 1.54) is 23.5 Å². The van der Waals surface area contributed by atoms with Crippen molar-refractivity contribution in [3.8, 4) is 0 Å². The molecule has 24 heavy (non-hydrogen) atoms. The zero-order valence-electron chi connectivity index (χ0n) is 14.5. The molecule has 2 heterocycles. The van der Waals surface area contributed by atoms with Crippen molar-refractivity contribution >= 4 is 11.3 Å². The molecule has 4 heteroatoms. The number of aromatic nitrogens is 1. The fraction of sp³-hybridized carbons (Fsp3) is 0.550. The molecule has 0 unspecified atom stereocenters. The number of hydrogen-bond acceptors (Lipinski definition) is 4. The predicted octanol–water partition coefficient (Wildman–Crippen LogP) is 4.43. The van der Waals surface area contributed by atoms with Crippen LogP contribution in [0.2, 0.25) is 0 Å². The van der Waals surface area contributed by atoms with Crippen LogP contribution in [0.5, 0.6) is 0 Å². The number of piperidine rings is 1. The number of nitrogens with zero attached hydrogens (tertiary/aromatic N) is 2. The maximum absolute atomic E-state index is 10.6. The largest absolute Gasteiger partial charge is 0.388 e. The maximum Gasteiger partial charge on any atom is 0.0928 e. The van der Waals surface area contributed by atoms with E-state index in [1.54, 1.807) is 11.3 Å². The van der Waals surface area contributed by atoms with Gasteiger partial charge in [0.1, 0.15) is 0 Å². The molecule has 0 amide bonds. The van der Waals surface area contributed by atoms with Crippen LogP contribution in [-0.4, -0.2) is 28.1 Å². The van der Waals surface area contributed by atoms with Crippen molar-refractivity contribution in [1.29, 1.82) is 0 Å². The number of aliphatic hydroxyl groups is 1. The molecule has 2 aromatic rings. The van der Waals surface area contributed by atoms with E-state index in [0.29, 0.717) is 5.92 Å². The molecule has 1 fully saturated rings. The van der Waals surface area contributed by atoms with Crippen LogP contribution in [0.15, 0.2) is 35.7 Å². The summed E-state index contributed by atoms with van der Waals surface area (Å²) in [5.41, 5.74) is 2.27. The fourth-order valence-electron chi connectivity index (χ4n) is 3.44. The summed E-state index contributed by atoms with van der Waals surface area (Å²) in [5, 5.41) is 14.1. The predicted molar refractivity (Wildman–Crippen MR) is 100 cm³/mol. The Morgan fingerprint density at radius 2 is 2.00 bits per heavy atom. The number of benzene rings is 1. The second kappa shape index (κ2) is 8.75. The molecule has 0 spiro atoms. The molecule has 1 atom stereocenters. The Balaban J connectivity index is 1.47. The van der Waals surface area contributed by atoms with Crippen LogP contribution in [0.3, 0.4) is 0 Å². The second-order valence-electron chi connectivity index (χ2n) is 6.81. The van der Waals surface area contributed by atoms with Crippen LogP contribution in [-0.2, 0) is 13.0 Å². The van der Waals surface area contributed by atoms with Gasteiger partial charge in [0.15, 0.2) is 0 Å². The number of likely N-dealkylation sites (tertiary alicyclic amines) is 1. The molecule has 0 aliphatic carbocycles. The van der Waals surface area contributed by atoms with Gasteiger partial charge in [-0.1, -0.05) is 43.7 Å². The highest BCUT2D eigenvalue weighted by atomic mass is 32.1. The highest BCUT2D eigenvalue weighted by molar-refractivity contribution is 7.09. The summed E-state index contributed by atoms with van der Waals surface area (Å²) in [6.07, 6.45) is 5.37. The van der Waals surface area contributed by atoms with Crippen molar-refractivity contribution in [1.82, 2.24) is 9.88 Å². The topological polar surface area (TPSA) is 36.4 Å². The number of unbranched alkanes of at least 4 members (excludes halogenated alkanes) is 1. The van der Waals surface area contributed by atoms with Gasteiger partial charge in [-0.05, 0) is 50.3 Å². The summed E-state index contributed by atoms with van der Waals surface area (Å²) in [7, 11) is 0. The van der Waals surface area contributed by atoms with Crippen LogP contribution in [0.1, 0.15) is 55.0 Å². The van der Waals surface area contributed by atoms with Crippen molar-refractivity contribution in [2.24, 2.45) is 5.92 Å². The number of rotatable bonds is 7. The molecule has 1 N–H and O–H groups in total. The molecule has 3 rings (SSSR count). The molecule has 3 nitrogen and oxygen atoms in total. The minimum Gasteiger partial charge on any atom is -0.388 e. The van der Waals surface area contributed by atoms with Crippen LogP contribution in [0.25, 0.3) is 0 Å². The highest BCUT2D eigenvalue weighted by Gasteiger charge is 2.26. The first-order valence-electron chi connectivity index (χ1n) is 9.15. The summed E-state index contributed by atoms with van der Waals surface area (Å²) >= 11 is 1.80. The van der Waals surface area contributed by atoms with Crippen molar-refractivity contribution in [2.45, 2.75) is 51.7 Å². The molecule has 0 radical (unpaired) electrons. The van der Waals surface area contributed by atoms with Gasteiger partial charge >= 0.3 is 0 Å². The minimum atomic E-state index is -0.326. The first kappa shape index (κ1) is 17.6. The lowest BCUT2D eigenvalue weighted by atomic mass is 9.87. The monoisotopic (exact) mass is 344 g/mol. The van der Waals surface area contributed by atoms with Crippen LogP contribution in [0, 0.1) is 5.92 Å². The van der Waals surface area contributed by atoms with Crippen molar-refractivity contribution in [3.63, 3.8) is 0 Å². The Morgan fingerprint density at radius 3 is 2.71 bits per heavy atom. The number of hydrogen-bond donors (Lipinski definition) is 1. The third-order valence-electron chi connectivity index (χ3n) is 4.95. The van der Waals surface area contributed by atoms with Gasteiger partial charge in [-0.3, -0.25) is 4.90 Å². The van der Waals surface area contributed by atoms with Crippen LogP contribution >= 0.6 is 11.3 Å². The molecule has 1 saturated heterocycles. The highest BCUT2D eigenvalue weighted by Crippen LogP contribution is 2.31. The first-order valence-corrected chi connectivity index (χ1v) is 10.0. The summed E-state index contributed by atoms with van der Waals surface area (Å²) in [6.45, 7) is 5.28. The van der Waals surface area contributed by atoms with Gasteiger partial charge in [0, 0.05) is 11.9 Å². The Labute approximate surface area is 149 Å². The van der Waals surface area contributed by atoms with Crippen molar-refractivity contribution in [3.05, 3.63) is 52.0 Å².